The molecule has 172 valence electrons. The van der Waals surface area contributed by atoms with Crippen molar-refractivity contribution in [2.45, 2.75) is 6.92 Å². The molecule has 2 heterocycles. The van der Waals surface area contributed by atoms with Crippen LogP contribution < -0.4 is 0 Å². The molecule has 0 bridgehead atoms. The maximum atomic E-state index is 11.8. The van der Waals surface area contributed by atoms with E-state index >= 15 is 0 Å². The van der Waals surface area contributed by atoms with Crippen LogP contribution in [-0.2, 0) is 9.59 Å². The lowest BCUT2D eigenvalue weighted by Crippen LogP contribution is -2.35. The largest absolute Gasteiger partial charge is 0.298 e. The standard InChI is InChI=1S/C11H8BrNO3.C11H9NO3.Br2/c12-5-7(14)6-13-10(15)8-3-1-2-4-9(8)11(13)16;1-7(13)6-12-10(14)8-4-2-3-5-9(8)11(12)15;1-2/h1-4H,5-6H2;2-5H,6H2,1H3;. The van der Waals surface area contributed by atoms with E-state index in [1.807, 2.05) is 0 Å². The van der Waals surface area contributed by atoms with E-state index in [9.17, 15) is 28.8 Å². The van der Waals surface area contributed by atoms with Gasteiger partial charge in [-0.15, -0.1) is 0 Å². The lowest BCUT2D eigenvalue weighted by atomic mass is 10.1. The van der Waals surface area contributed by atoms with Gasteiger partial charge in [0.2, 0.25) is 0 Å². The summed E-state index contributed by atoms with van der Waals surface area (Å²) in [5, 5.41) is 0.139. The molecule has 0 saturated carbocycles. The van der Waals surface area contributed by atoms with Crippen LogP contribution in [0.4, 0.5) is 0 Å². The van der Waals surface area contributed by atoms with Crippen molar-refractivity contribution in [1.82, 2.24) is 9.80 Å². The Morgan fingerprint density at radius 1 is 0.667 bits per heavy atom. The van der Waals surface area contributed by atoms with Crippen LogP contribution in [0.15, 0.2) is 48.5 Å². The number of imide groups is 2. The van der Waals surface area contributed by atoms with Crippen molar-refractivity contribution in [1.29, 1.82) is 0 Å². The molecule has 0 atom stereocenters. The van der Waals surface area contributed by atoms with Gasteiger partial charge in [0, 0.05) is 28.3 Å². The monoisotopic (exact) mass is 642 g/mol. The Hall–Kier alpha value is -2.50. The molecule has 0 radical (unpaired) electrons. The molecule has 2 aliphatic heterocycles. The first-order valence-electron chi connectivity index (χ1n) is 9.38. The summed E-state index contributed by atoms with van der Waals surface area (Å²) in [5.41, 5.74) is 1.50. The normalized spacial score (nSPS) is 13.6. The Kier molecular flexibility index (Phi) is 9.81. The van der Waals surface area contributed by atoms with Crippen molar-refractivity contribution in [3.05, 3.63) is 70.8 Å². The average Bonchev–Trinajstić information content (AvgIpc) is 3.21. The number of nitrogens with zero attached hydrogens (tertiary/aromatic N) is 2. The highest BCUT2D eigenvalue weighted by molar-refractivity contribution is 9.93. The molecule has 11 heteroatoms. The molecule has 2 aromatic carbocycles. The summed E-state index contributed by atoms with van der Waals surface area (Å²) < 4.78 is 0. The molecule has 2 aromatic rings. The van der Waals surface area contributed by atoms with Gasteiger partial charge in [-0.3, -0.25) is 38.6 Å². The van der Waals surface area contributed by atoms with Gasteiger partial charge in [-0.2, -0.15) is 0 Å². The van der Waals surface area contributed by atoms with Crippen molar-refractivity contribution in [2.75, 3.05) is 18.4 Å². The van der Waals surface area contributed by atoms with Gasteiger partial charge >= 0.3 is 0 Å². The van der Waals surface area contributed by atoms with Crippen molar-refractivity contribution in [3.8, 4) is 0 Å². The number of fused-ring (bicyclic) bond motifs is 2. The minimum Gasteiger partial charge on any atom is -0.298 e. The first-order chi connectivity index (χ1) is 15.8. The fourth-order valence-corrected chi connectivity index (χ4v) is 3.38. The predicted molar refractivity (Wildman–Crippen MR) is 131 cm³/mol. The molecule has 0 aromatic heterocycles. The molecule has 0 N–H and O–H groups in total. The zero-order valence-electron chi connectivity index (χ0n) is 17.2. The molecule has 0 aliphatic carbocycles. The van der Waals surface area contributed by atoms with Gasteiger partial charge in [0.15, 0.2) is 5.78 Å². The SMILES string of the molecule is BrBr.CC(=O)CN1C(=O)c2ccccc2C1=O.O=C(CBr)CN1C(=O)c2ccccc2C1=O. The van der Waals surface area contributed by atoms with Crippen LogP contribution in [0.25, 0.3) is 0 Å². The Bertz CT molecular complexity index is 1060. The van der Waals surface area contributed by atoms with Gasteiger partial charge in [-0.05, 0) is 31.2 Å². The highest BCUT2D eigenvalue weighted by atomic mass is 80.9. The number of Topliss-reactive ketones (excluding diaryl/α,β-unsaturated/α-hetero) is 2. The Morgan fingerprint density at radius 3 is 1.24 bits per heavy atom. The maximum Gasteiger partial charge on any atom is 0.261 e. The second-order valence-corrected chi connectivity index (χ2v) is 7.42. The van der Waals surface area contributed by atoms with Crippen LogP contribution in [0.3, 0.4) is 0 Å². The van der Waals surface area contributed by atoms with Crippen molar-refractivity contribution < 1.29 is 28.8 Å². The number of halogens is 3. The molecule has 0 spiro atoms. The summed E-state index contributed by atoms with van der Waals surface area (Å²) in [7, 11) is 0. The number of carbonyl (C=O) groups is 6. The minimum atomic E-state index is -0.394. The van der Waals surface area contributed by atoms with Crippen LogP contribution in [0.1, 0.15) is 48.4 Å². The zero-order chi connectivity index (χ0) is 24.7. The smallest absolute Gasteiger partial charge is 0.261 e. The van der Waals surface area contributed by atoms with Gasteiger partial charge in [0.1, 0.15) is 5.78 Å². The van der Waals surface area contributed by atoms with E-state index < -0.39 is 11.8 Å². The number of rotatable bonds is 5. The topological polar surface area (TPSA) is 109 Å². The van der Waals surface area contributed by atoms with Gasteiger partial charge < -0.3 is 0 Å². The second kappa shape index (κ2) is 12.1. The van der Waals surface area contributed by atoms with Crippen molar-refractivity contribution in [3.63, 3.8) is 0 Å². The number of ketones is 2. The quantitative estimate of drug-likeness (QED) is 0.362. The van der Waals surface area contributed by atoms with E-state index in [1.165, 1.54) is 6.92 Å². The molecule has 2 aliphatic rings. The lowest BCUT2D eigenvalue weighted by molar-refractivity contribution is -0.117. The second-order valence-electron chi connectivity index (χ2n) is 6.86. The number of hydrogen-bond acceptors (Lipinski definition) is 6. The molecular weight excluding hydrogens is 628 g/mol. The fourth-order valence-electron chi connectivity index (χ4n) is 3.21. The van der Waals surface area contributed by atoms with Gasteiger partial charge in [-0.1, -0.05) is 40.2 Å². The first kappa shape index (κ1) is 26.7. The number of carbonyl (C=O) groups excluding carboxylic acids is 6. The van der Waals surface area contributed by atoms with Gasteiger partial charge in [0.25, 0.3) is 23.6 Å². The summed E-state index contributed by atoms with van der Waals surface area (Å²) in [6.45, 7) is 1.04. The first-order valence-corrected chi connectivity index (χ1v) is 14.2. The summed E-state index contributed by atoms with van der Waals surface area (Å²) in [5.74, 6) is -1.96. The Morgan fingerprint density at radius 2 is 0.970 bits per heavy atom. The fraction of sp³-hybridized carbons (Fsp3) is 0.182. The van der Waals surface area contributed by atoms with Crippen molar-refractivity contribution >= 4 is 79.4 Å². The predicted octanol–water partition coefficient (Wildman–Crippen LogP) is 3.81. The molecule has 33 heavy (non-hydrogen) atoms. The third-order valence-corrected chi connectivity index (χ3v) is 5.25. The highest BCUT2D eigenvalue weighted by Crippen LogP contribution is 2.23. The van der Waals surface area contributed by atoms with Crippen LogP contribution >= 0.6 is 44.2 Å². The van der Waals surface area contributed by atoms with Crippen LogP contribution in [0.5, 0.6) is 0 Å². The molecule has 0 saturated heterocycles. The van der Waals surface area contributed by atoms with Crippen LogP contribution in [0, 0.1) is 0 Å². The molecule has 8 nitrogen and oxygen atoms in total. The Balaban J connectivity index is 0.000000218. The average molecular weight is 645 g/mol. The zero-order valence-corrected chi connectivity index (χ0v) is 22.0. The highest BCUT2D eigenvalue weighted by Gasteiger charge is 2.36. The van der Waals surface area contributed by atoms with E-state index in [4.69, 9.17) is 0 Å². The van der Waals surface area contributed by atoms with E-state index in [-0.39, 0.29) is 41.8 Å². The minimum absolute atomic E-state index is 0.139. The van der Waals surface area contributed by atoms with Gasteiger partial charge in [0.05, 0.1) is 40.7 Å². The van der Waals surface area contributed by atoms with Crippen LogP contribution in [-0.4, -0.2) is 63.4 Å². The van der Waals surface area contributed by atoms with E-state index in [1.54, 1.807) is 48.5 Å². The number of hydrogen-bond donors (Lipinski definition) is 0. The van der Waals surface area contributed by atoms with E-state index in [0.717, 1.165) is 9.80 Å². The summed E-state index contributed by atoms with van der Waals surface area (Å²) in [6.07, 6.45) is 0. The molecule has 4 amide bonds. The number of alkyl halides is 1. The van der Waals surface area contributed by atoms with Crippen LogP contribution in [0.2, 0.25) is 0 Å². The molecule has 4 rings (SSSR count). The molecule has 0 unspecified atom stereocenters. The molecular formula is C22H17Br3N2O6. The van der Waals surface area contributed by atoms with Gasteiger partial charge in [-0.25, -0.2) is 0 Å². The summed E-state index contributed by atoms with van der Waals surface area (Å²) in [4.78, 5) is 71.1. The summed E-state index contributed by atoms with van der Waals surface area (Å²) in [6, 6.07) is 13.1. The van der Waals surface area contributed by atoms with Crippen molar-refractivity contribution in [2.24, 2.45) is 0 Å². The third-order valence-electron chi connectivity index (χ3n) is 4.62. The van der Waals surface area contributed by atoms with E-state index in [0.29, 0.717) is 22.3 Å². The summed E-state index contributed by atoms with van der Waals surface area (Å²) >= 11 is 8.50. The Labute approximate surface area is 213 Å². The maximum absolute atomic E-state index is 11.8. The third kappa shape index (κ3) is 5.90. The number of amides is 4. The lowest BCUT2D eigenvalue weighted by Gasteiger charge is -2.11. The number of benzene rings is 2. The molecule has 0 fully saturated rings. The van der Waals surface area contributed by atoms with E-state index in [2.05, 4.69) is 44.2 Å².